The van der Waals surface area contributed by atoms with Crippen molar-refractivity contribution >= 4 is 57.1 Å². The van der Waals surface area contributed by atoms with Crippen molar-refractivity contribution in [3.63, 3.8) is 0 Å². The minimum atomic E-state index is -4.38. The van der Waals surface area contributed by atoms with E-state index in [4.69, 9.17) is 8.39 Å². The zero-order valence-electron chi connectivity index (χ0n) is 19.9. The lowest BCUT2D eigenvalue weighted by Crippen LogP contribution is -2.04. The van der Waals surface area contributed by atoms with Crippen LogP contribution < -0.4 is 0 Å². The van der Waals surface area contributed by atoms with Gasteiger partial charge in [0.25, 0.3) is 0 Å². The van der Waals surface area contributed by atoms with Crippen molar-refractivity contribution in [2.45, 2.75) is 11.8 Å². The molecule has 1 aliphatic rings. The van der Waals surface area contributed by atoms with Crippen LogP contribution in [0.15, 0.2) is 124 Å². The number of halogens is 3. The molecule has 0 N–H and O–H groups in total. The van der Waals surface area contributed by atoms with Gasteiger partial charge in [-0.2, -0.15) is 13.2 Å². The van der Waals surface area contributed by atoms with Gasteiger partial charge in [0.15, 0.2) is 0 Å². The fourth-order valence-electron chi connectivity index (χ4n) is 5.27. The van der Waals surface area contributed by atoms with Crippen molar-refractivity contribution in [2.75, 3.05) is 0 Å². The van der Waals surface area contributed by atoms with E-state index in [0.717, 1.165) is 61.2 Å². The van der Waals surface area contributed by atoms with Gasteiger partial charge in [0, 0.05) is 10.8 Å². The van der Waals surface area contributed by atoms with Crippen LogP contribution in [0.5, 0.6) is 0 Å². The number of hydrogen-bond donors (Lipinski definition) is 0. The van der Waals surface area contributed by atoms with Crippen LogP contribution in [0.4, 0.5) is 13.2 Å². The molecule has 0 radical (unpaired) electrons. The Bertz CT molecular complexity index is 1870. The van der Waals surface area contributed by atoms with E-state index in [1.807, 2.05) is 54.6 Å². The van der Waals surface area contributed by atoms with Crippen LogP contribution in [0.25, 0.3) is 49.1 Å². The number of rotatable bonds is 2. The molecule has 6 heteroatoms. The molecule has 1 aromatic heterocycles. The van der Waals surface area contributed by atoms with Crippen molar-refractivity contribution < 1.29 is 21.6 Å². The van der Waals surface area contributed by atoms with Crippen molar-refractivity contribution in [1.29, 1.82) is 0 Å². The molecule has 186 valence electrons. The molecule has 0 amide bonds. The number of benzene rings is 5. The fourth-order valence-corrected chi connectivity index (χ4v) is 6.92. The van der Waals surface area contributed by atoms with Crippen molar-refractivity contribution in [1.82, 2.24) is 0 Å². The van der Waals surface area contributed by atoms with E-state index >= 15 is 0 Å². The van der Waals surface area contributed by atoms with Crippen LogP contribution >= 0.6 is 8.01 Å². The molecule has 5 aromatic carbocycles. The molecule has 2 nitrogen and oxygen atoms in total. The molecule has 0 saturated carbocycles. The molecule has 0 spiro atoms. The second kappa shape index (κ2) is 8.68. The molecular weight excluding hydrogens is 504 g/mol. The zero-order valence-corrected chi connectivity index (χ0v) is 20.8. The first-order chi connectivity index (χ1) is 18.5. The largest absolute Gasteiger partial charge is 0.418 e. The predicted octanol–water partition coefficient (Wildman–Crippen LogP) is 10.8. The van der Waals surface area contributed by atoms with E-state index in [1.54, 1.807) is 0 Å². The Balaban J connectivity index is 1.50. The second-order valence-corrected chi connectivity index (χ2v) is 10.8. The molecule has 6 aromatic rings. The third-order valence-electron chi connectivity index (χ3n) is 7.07. The normalized spacial score (nSPS) is 15.6. The minimum absolute atomic E-state index is 0.251. The van der Waals surface area contributed by atoms with Crippen LogP contribution in [0, 0.1) is 0 Å². The van der Waals surface area contributed by atoms with Crippen LogP contribution in [0.2, 0.25) is 0 Å². The Labute approximate surface area is 216 Å². The van der Waals surface area contributed by atoms with Crippen molar-refractivity contribution in [3.8, 4) is 0 Å². The topological polar surface area (TPSA) is 26.3 Å². The standard InChI is InChI=1S/C32H20F3O2P/c33-32(34,35)23-16-12-22(13-17-23)24-10-5-11-29(24)38-36-27-18-14-20-6-1-3-8-25(20)30(27)31-26-9-4-2-7-21(26)15-19-28(31)37-38/h1-19,29H. The van der Waals surface area contributed by atoms with E-state index in [9.17, 15) is 13.2 Å². The molecule has 1 aliphatic carbocycles. The van der Waals surface area contributed by atoms with Gasteiger partial charge in [-0.1, -0.05) is 91.0 Å². The summed E-state index contributed by atoms with van der Waals surface area (Å²) in [4.78, 5) is 0. The summed E-state index contributed by atoms with van der Waals surface area (Å²) >= 11 is 0. The van der Waals surface area contributed by atoms with Gasteiger partial charge in [-0.25, -0.2) is 0 Å². The Morgan fingerprint density at radius 2 is 1.18 bits per heavy atom. The van der Waals surface area contributed by atoms with Gasteiger partial charge in [-0.15, -0.1) is 0 Å². The maximum absolute atomic E-state index is 13.1. The van der Waals surface area contributed by atoms with Crippen LogP contribution in [-0.2, 0) is 6.18 Å². The van der Waals surface area contributed by atoms with Crippen LogP contribution in [0.3, 0.4) is 0 Å². The molecule has 0 aliphatic heterocycles. The first-order valence-electron chi connectivity index (χ1n) is 12.2. The molecule has 1 unspecified atom stereocenters. The molecule has 7 rings (SSSR count). The lowest BCUT2D eigenvalue weighted by Gasteiger charge is -2.13. The van der Waals surface area contributed by atoms with Gasteiger partial charge in [0.2, 0.25) is 8.01 Å². The van der Waals surface area contributed by atoms with E-state index in [0.29, 0.717) is 5.56 Å². The summed E-state index contributed by atoms with van der Waals surface area (Å²) in [5.74, 6) is 0. The summed E-state index contributed by atoms with van der Waals surface area (Å²) in [6.45, 7) is 0. The Hall–Kier alpha value is -4.21. The molecule has 1 atom stereocenters. The maximum Gasteiger partial charge on any atom is 0.416 e. The van der Waals surface area contributed by atoms with Gasteiger partial charge in [-0.05, 0) is 56.9 Å². The van der Waals surface area contributed by atoms with Crippen molar-refractivity contribution in [3.05, 3.63) is 126 Å². The minimum Gasteiger partial charge on any atom is -0.418 e. The monoisotopic (exact) mass is 524 g/mol. The molecular formula is C32H20F3O2P. The van der Waals surface area contributed by atoms with E-state index in [1.165, 1.54) is 12.1 Å². The van der Waals surface area contributed by atoms with Gasteiger partial charge in [-0.3, -0.25) is 0 Å². The summed E-state index contributed by atoms with van der Waals surface area (Å²) < 4.78 is 52.8. The van der Waals surface area contributed by atoms with Gasteiger partial charge < -0.3 is 8.39 Å². The Morgan fingerprint density at radius 3 is 1.74 bits per heavy atom. The zero-order chi connectivity index (χ0) is 25.9. The third-order valence-corrected chi connectivity index (χ3v) is 8.73. The third kappa shape index (κ3) is 3.74. The molecule has 0 saturated heterocycles. The highest BCUT2D eigenvalue weighted by molar-refractivity contribution is 7.38. The number of hydrogen-bond acceptors (Lipinski definition) is 2. The van der Waals surface area contributed by atoms with E-state index < -0.39 is 19.8 Å². The highest BCUT2D eigenvalue weighted by Crippen LogP contribution is 2.53. The fraction of sp³-hybridized carbons (Fsp3) is 0.0625. The molecule has 0 bridgehead atoms. The van der Waals surface area contributed by atoms with Crippen LogP contribution in [0.1, 0.15) is 16.8 Å². The Kier molecular flexibility index (Phi) is 5.24. The smallest absolute Gasteiger partial charge is 0.416 e. The van der Waals surface area contributed by atoms with Crippen molar-refractivity contribution in [2.24, 2.45) is 0 Å². The van der Waals surface area contributed by atoms with Gasteiger partial charge in [0.1, 0.15) is 16.8 Å². The Morgan fingerprint density at radius 1 is 0.632 bits per heavy atom. The first kappa shape index (κ1) is 22.9. The highest BCUT2D eigenvalue weighted by Gasteiger charge is 2.31. The first-order valence-corrected chi connectivity index (χ1v) is 13.5. The SMILES string of the molecule is FC(F)(F)c1ccc(C2=CC=CC2p2oc3ccc4ccccc4c3c3c(ccc4ccccc43)o2)cc1. The van der Waals surface area contributed by atoms with E-state index in [-0.39, 0.29) is 5.66 Å². The highest BCUT2D eigenvalue weighted by atomic mass is 31.1. The van der Waals surface area contributed by atoms with E-state index in [2.05, 4.69) is 36.4 Å². The lowest BCUT2D eigenvalue weighted by atomic mass is 9.99. The van der Waals surface area contributed by atoms with Gasteiger partial charge in [0.05, 0.1) is 5.56 Å². The summed E-state index contributed by atoms with van der Waals surface area (Å²) in [7, 11) is -1.55. The van der Waals surface area contributed by atoms with Crippen LogP contribution in [-0.4, -0.2) is 0 Å². The maximum atomic E-state index is 13.1. The summed E-state index contributed by atoms with van der Waals surface area (Å²) in [5.41, 5.74) is 2.13. The molecule has 1 heterocycles. The molecule has 0 fully saturated rings. The number of fused-ring (bicyclic) bond motifs is 7. The predicted molar refractivity (Wildman–Crippen MR) is 149 cm³/mol. The summed E-state index contributed by atoms with van der Waals surface area (Å²) in [6.07, 6.45) is 1.47. The average Bonchev–Trinajstić information content (AvgIpc) is 3.35. The average molecular weight is 524 g/mol. The molecule has 38 heavy (non-hydrogen) atoms. The number of allylic oxidation sites excluding steroid dienone is 4. The number of alkyl halides is 3. The second-order valence-electron chi connectivity index (χ2n) is 9.31. The summed E-state index contributed by atoms with van der Waals surface area (Å²) in [6, 6.07) is 29.8. The summed E-state index contributed by atoms with van der Waals surface area (Å²) in [5, 5.41) is 6.33. The quantitative estimate of drug-likeness (QED) is 0.225. The van der Waals surface area contributed by atoms with Gasteiger partial charge >= 0.3 is 6.18 Å². The lowest BCUT2D eigenvalue weighted by molar-refractivity contribution is -0.137.